The van der Waals surface area contributed by atoms with Gasteiger partial charge in [0, 0.05) is 41.0 Å². The summed E-state index contributed by atoms with van der Waals surface area (Å²) in [5.41, 5.74) is 2.82. The average Bonchev–Trinajstić information content (AvgIpc) is 2.86. The highest BCUT2D eigenvalue weighted by molar-refractivity contribution is 6.32. The lowest BCUT2D eigenvalue weighted by molar-refractivity contribution is -0.126. The number of benzene rings is 1. The number of ether oxygens (including phenoxy) is 1. The number of anilines is 2. The maximum Gasteiger partial charge on any atom is 0.227 e. The first kappa shape index (κ1) is 24.7. The summed E-state index contributed by atoms with van der Waals surface area (Å²) in [5, 5.41) is 11.8. The number of carbonyl (C=O) groups is 1. The molecule has 3 aromatic rings. The molecule has 3 N–H and O–H groups in total. The largest absolute Gasteiger partial charge is 0.377 e. The van der Waals surface area contributed by atoms with Crippen molar-refractivity contribution in [1.82, 2.24) is 20.3 Å². The molecule has 9 heteroatoms. The quantitative estimate of drug-likeness (QED) is 0.406. The molecule has 190 valence electrons. The molecule has 8 nitrogen and oxygen atoms in total. The predicted molar refractivity (Wildman–Crippen MR) is 143 cm³/mol. The van der Waals surface area contributed by atoms with Crippen molar-refractivity contribution in [2.75, 3.05) is 30.4 Å². The minimum atomic E-state index is -0.290. The third kappa shape index (κ3) is 5.87. The maximum absolute atomic E-state index is 12.3. The Labute approximate surface area is 216 Å². The van der Waals surface area contributed by atoms with Crippen LogP contribution >= 0.6 is 11.6 Å². The van der Waals surface area contributed by atoms with Crippen molar-refractivity contribution in [3.63, 3.8) is 0 Å². The first-order chi connectivity index (χ1) is 17.4. The molecule has 1 saturated carbocycles. The number of aromatic nitrogens is 3. The van der Waals surface area contributed by atoms with Crippen LogP contribution in [0.3, 0.4) is 0 Å². The van der Waals surface area contributed by atoms with Crippen molar-refractivity contribution < 1.29 is 9.53 Å². The molecule has 5 rings (SSSR count). The fourth-order valence-corrected chi connectivity index (χ4v) is 4.91. The monoisotopic (exact) mass is 508 g/mol. The number of hydrogen-bond donors (Lipinski definition) is 3. The van der Waals surface area contributed by atoms with Crippen LogP contribution in [-0.4, -0.2) is 52.7 Å². The molecule has 2 aromatic heterocycles. The fourth-order valence-electron chi connectivity index (χ4n) is 4.73. The zero-order valence-electron chi connectivity index (χ0n) is 20.8. The fraction of sp³-hybridized carbons (Fsp3) is 0.481. The minimum absolute atomic E-state index is 0.0172. The van der Waals surface area contributed by atoms with E-state index in [-0.39, 0.29) is 17.9 Å². The van der Waals surface area contributed by atoms with Gasteiger partial charge in [-0.1, -0.05) is 11.6 Å². The molecule has 1 unspecified atom stereocenters. The molecule has 0 bridgehead atoms. The molecule has 2 fully saturated rings. The highest BCUT2D eigenvalue weighted by atomic mass is 35.5. The van der Waals surface area contributed by atoms with Crippen LogP contribution in [0.2, 0.25) is 5.02 Å². The third-order valence-corrected chi connectivity index (χ3v) is 7.67. The van der Waals surface area contributed by atoms with Gasteiger partial charge in [-0.2, -0.15) is 0 Å². The van der Waals surface area contributed by atoms with E-state index in [1.165, 1.54) is 0 Å². The van der Waals surface area contributed by atoms with Crippen molar-refractivity contribution in [3.05, 3.63) is 52.8 Å². The summed E-state index contributed by atoms with van der Waals surface area (Å²) in [6.45, 7) is 5.90. The second-order valence-electron chi connectivity index (χ2n) is 10.0. The van der Waals surface area contributed by atoms with Crippen molar-refractivity contribution in [2.45, 2.75) is 57.5 Å². The van der Waals surface area contributed by atoms with Gasteiger partial charge in [-0.15, -0.1) is 0 Å². The van der Waals surface area contributed by atoms with Gasteiger partial charge >= 0.3 is 0 Å². The maximum atomic E-state index is 12.3. The number of fused-ring (bicyclic) bond motifs is 1. The average molecular weight is 509 g/mol. The van der Waals surface area contributed by atoms with Gasteiger partial charge in [0.15, 0.2) is 0 Å². The zero-order chi connectivity index (χ0) is 25.1. The van der Waals surface area contributed by atoms with Crippen molar-refractivity contribution in [1.29, 1.82) is 0 Å². The van der Waals surface area contributed by atoms with Crippen LogP contribution in [0.1, 0.15) is 49.7 Å². The molecule has 0 radical (unpaired) electrons. The Morgan fingerprint density at radius 1 is 1.11 bits per heavy atom. The molecule has 2 aliphatic rings. The molecule has 1 atom stereocenters. The van der Waals surface area contributed by atoms with E-state index in [1.54, 1.807) is 12.4 Å². The molecular formula is C27H33ClN6O2. The van der Waals surface area contributed by atoms with Gasteiger partial charge in [0.25, 0.3) is 0 Å². The van der Waals surface area contributed by atoms with E-state index in [4.69, 9.17) is 21.3 Å². The number of amides is 1. The number of halogens is 1. The van der Waals surface area contributed by atoms with E-state index in [0.29, 0.717) is 31.1 Å². The highest BCUT2D eigenvalue weighted by Crippen LogP contribution is 2.28. The predicted octanol–water partition coefficient (Wildman–Crippen LogP) is 4.69. The van der Waals surface area contributed by atoms with Gasteiger partial charge in [0.1, 0.15) is 5.82 Å². The summed E-state index contributed by atoms with van der Waals surface area (Å²) in [6, 6.07) is 8.68. The van der Waals surface area contributed by atoms with E-state index in [2.05, 4.69) is 32.0 Å². The second kappa shape index (κ2) is 11.0. The smallest absolute Gasteiger partial charge is 0.227 e. The Morgan fingerprint density at radius 2 is 1.86 bits per heavy atom. The molecule has 0 spiro atoms. The van der Waals surface area contributed by atoms with Gasteiger partial charge < -0.3 is 20.7 Å². The molecule has 36 heavy (non-hydrogen) atoms. The Hall–Kier alpha value is -2.97. The number of rotatable bonds is 8. The number of nitrogens with zero attached hydrogens (tertiary/aromatic N) is 3. The van der Waals surface area contributed by atoms with Gasteiger partial charge in [0.2, 0.25) is 11.9 Å². The Morgan fingerprint density at radius 3 is 2.56 bits per heavy atom. The lowest BCUT2D eigenvalue weighted by atomic mass is 9.86. The SMILES string of the molecule is Cc1cc2nc(NC3CCC(CNc4ncc(C(C)C(=O)NC5COC5)cn4)CC3)ccc2cc1Cl. The number of nitrogens with one attached hydrogen (secondary N) is 3. The summed E-state index contributed by atoms with van der Waals surface area (Å²) in [5.74, 6) is 1.80. The van der Waals surface area contributed by atoms with Crippen LogP contribution in [0.4, 0.5) is 11.8 Å². The summed E-state index contributed by atoms with van der Waals surface area (Å²) in [7, 11) is 0. The van der Waals surface area contributed by atoms with Gasteiger partial charge in [-0.25, -0.2) is 15.0 Å². The van der Waals surface area contributed by atoms with Crippen molar-refractivity contribution in [3.8, 4) is 0 Å². The Kier molecular flexibility index (Phi) is 7.53. The van der Waals surface area contributed by atoms with Crippen LogP contribution in [-0.2, 0) is 9.53 Å². The molecule has 1 saturated heterocycles. The van der Waals surface area contributed by atoms with Gasteiger partial charge in [0.05, 0.1) is 30.7 Å². The summed E-state index contributed by atoms with van der Waals surface area (Å²) >= 11 is 6.24. The first-order valence-corrected chi connectivity index (χ1v) is 13.1. The van der Waals surface area contributed by atoms with E-state index < -0.39 is 0 Å². The van der Waals surface area contributed by atoms with Crippen LogP contribution < -0.4 is 16.0 Å². The van der Waals surface area contributed by atoms with E-state index in [1.807, 2.05) is 32.0 Å². The molecule has 1 aliphatic carbocycles. The minimum Gasteiger partial charge on any atom is -0.377 e. The molecular weight excluding hydrogens is 476 g/mol. The van der Waals surface area contributed by atoms with E-state index in [0.717, 1.165) is 65.1 Å². The number of aryl methyl sites for hydroxylation is 1. The Bertz CT molecular complexity index is 1210. The molecule has 1 aliphatic heterocycles. The topological polar surface area (TPSA) is 101 Å². The van der Waals surface area contributed by atoms with Gasteiger partial charge in [-0.05, 0) is 75.3 Å². The zero-order valence-corrected chi connectivity index (χ0v) is 21.5. The summed E-state index contributed by atoms with van der Waals surface area (Å²) in [6.07, 6.45) is 7.95. The first-order valence-electron chi connectivity index (χ1n) is 12.7. The molecule has 3 heterocycles. The van der Waals surface area contributed by atoms with E-state index >= 15 is 0 Å². The standard InChI is InChI=1S/C27H33ClN6O2/c1-16-9-24-19(10-23(16)28)5-8-25(34-24)32-21-6-3-18(4-7-21)11-29-27-30-12-20(13-31-27)17(2)26(35)33-22-14-36-15-22/h5,8-10,12-13,17-18,21-22H,3-4,6-7,11,14-15H2,1-2H3,(H,32,34)(H,33,35)(H,29,30,31). The van der Waals surface area contributed by atoms with Crippen LogP contribution in [0, 0.1) is 12.8 Å². The van der Waals surface area contributed by atoms with Crippen LogP contribution in [0.25, 0.3) is 10.9 Å². The van der Waals surface area contributed by atoms with Crippen LogP contribution in [0.15, 0.2) is 36.7 Å². The van der Waals surface area contributed by atoms with E-state index in [9.17, 15) is 4.79 Å². The summed E-state index contributed by atoms with van der Waals surface area (Å²) < 4.78 is 5.11. The number of hydrogen-bond acceptors (Lipinski definition) is 7. The second-order valence-corrected chi connectivity index (χ2v) is 10.4. The third-order valence-electron chi connectivity index (χ3n) is 7.27. The molecule has 1 amide bonds. The number of carbonyl (C=O) groups excluding carboxylic acids is 1. The van der Waals surface area contributed by atoms with Gasteiger partial charge in [-0.3, -0.25) is 4.79 Å². The lowest BCUT2D eigenvalue weighted by Crippen LogP contribution is -2.49. The normalized spacial score (nSPS) is 21.0. The molecule has 1 aromatic carbocycles. The van der Waals surface area contributed by atoms with Crippen molar-refractivity contribution >= 4 is 40.2 Å². The Balaban J connectivity index is 1.06. The van der Waals surface area contributed by atoms with Crippen molar-refractivity contribution in [2.24, 2.45) is 5.92 Å². The highest BCUT2D eigenvalue weighted by Gasteiger charge is 2.25. The summed E-state index contributed by atoms with van der Waals surface area (Å²) in [4.78, 5) is 26.0. The lowest BCUT2D eigenvalue weighted by Gasteiger charge is -2.29. The number of pyridine rings is 1. The van der Waals surface area contributed by atoms with Crippen LogP contribution in [0.5, 0.6) is 0 Å².